The highest BCUT2D eigenvalue weighted by atomic mass is 35.5. The molecule has 2 aromatic rings. The highest BCUT2D eigenvalue weighted by molar-refractivity contribution is 6.34. The summed E-state index contributed by atoms with van der Waals surface area (Å²) in [7, 11) is 0. The second-order valence-corrected chi connectivity index (χ2v) is 3.22. The van der Waals surface area contributed by atoms with E-state index in [1.165, 1.54) is 6.20 Å². The van der Waals surface area contributed by atoms with Crippen LogP contribution in [0.5, 0.6) is 5.75 Å². The second-order valence-electron chi connectivity index (χ2n) is 2.86. The molecule has 78 valence electrons. The Morgan fingerprint density at radius 3 is 3.20 bits per heavy atom. The van der Waals surface area contributed by atoms with Crippen molar-refractivity contribution >= 4 is 28.5 Å². The lowest BCUT2D eigenvalue weighted by atomic mass is 10.3. The smallest absolute Gasteiger partial charge is 0.341 e. The van der Waals surface area contributed by atoms with E-state index in [4.69, 9.17) is 21.4 Å². The molecule has 0 aliphatic carbocycles. The molecule has 0 fully saturated rings. The minimum Gasteiger partial charge on any atom is -0.480 e. The number of halogens is 1. The van der Waals surface area contributed by atoms with Gasteiger partial charge in [-0.15, -0.1) is 0 Å². The van der Waals surface area contributed by atoms with E-state index in [0.717, 1.165) is 5.39 Å². The van der Waals surface area contributed by atoms with Crippen molar-refractivity contribution in [3.8, 4) is 5.75 Å². The molecule has 2 aromatic heterocycles. The molecule has 6 heteroatoms. The molecule has 0 spiro atoms. The summed E-state index contributed by atoms with van der Waals surface area (Å²) in [6.45, 7) is -0.382. The van der Waals surface area contributed by atoms with Gasteiger partial charge < -0.3 is 14.8 Å². The number of carboxylic acids is 1. The first-order valence-corrected chi connectivity index (χ1v) is 4.52. The number of aromatic nitrogens is 2. The van der Waals surface area contributed by atoms with Crippen molar-refractivity contribution < 1.29 is 14.6 Å². The fraction of sp³-hybridized carbons (Fsp3) is 0.111. The fourth-order valence-corrected chi connectivity index (χ4v) is 1.47. The van der Waals surface area contributed by atoms with Gasteiger partial charge in [-0.05, 0) is 6.07 Å². The van der Waals surface area contributed by atoms with Crippen LogP contribution < -0.4 is 4.74 Å². The zero-order chi connectivity index (χ0) is 10.8. The number of hydrogen-bond acceptors (Lipinski definition) is 3. The highest BCUT2D eigenvalue weighted by Gasteiger charge is 2.08. The monoisotopic (exact) mass is 226 g/mol. The molecule has 0 bridgehead atoms. The minimum atomic E-state index is -1.02. The predicted molar refractivity (Wildman–Crippen MR) is 54.2 cm³/mol. The molecule has 2 rings (SSSR count). The summed E-state index contributed by atoms with van der Waals surface area (Å²) in [6, 6.07) is 1.70. The quantitative estimate of drug-likeness (QED) is 0.781. The molecule has 5 nitrogen and oxygen atoms in total. The summed E-state index contributed by atoms with van der Waals surface area (Å²) in [5.74, 6) is -0.568. The van der Waals surface area contributed by atoms with E-state index in [2.05, 4.69) is 9.97 Å². The third-order valence-electron chi connectivity index (χ3n) is 1.87. The Bertz CT molecular complexity index is 509. The van der Waals surface area contributed by atoms with Crippen molar-refractivity contribution in [1.82, 2.24) is 9.97 Å². The van der Waals surface area contributed by atoms with E-state index >= 15 is 0 Å². The van der Waals surface area contributed by atoms with Gasteiger partial charge in [0, 0.05) is 17.8 Å². The van der Waals surface area contributed by atoms with Crippen LogP contribution in [0, 0.1) is 0 Å². The number of H-pyrrole nitrogens is 1. The first-order valence-electron chi connectivity index (χ1n) is 4.14. The van der Waals surface area contributed by atoms with Crippen LogP contribution >= 0.6 is 11.6 Å². The summed E-state index contributed by atoms with van der Waals surface area (Å²) < 4.78 is 5.06. The Kier molecular flexibility index (Phi) is 2.47. The topological polar surface area (TPSA) is 75.2 Å². The maximum absolute atomic E-state index is 10.3. The van der Waals surface area contributed by atoms with Gasteiger partial charge in [-0.1, -0.05) is 11.6 Å². The maximum Gasteiger partial charge on any atom is 0.341 e. The molecule has 0 saturated heterocycles. The van der Waals surface area contributed by atoms with Crippen molar-refractivity contribution in [2.24, 2.45) is 0 Å². The van der Waals surface area contributed by atoms with Gasteiger partial charge in [-0.25, -0.2) is 9.78 Å². The van der Waals surface area contributed by atoms with Crippen molar-refractivity contribution in [3.05, 3.63) is 23.6 Å². The van der Waals surface area contributed by atoms with Crippen LogP contribution in [-0.4, -0.2) is 27.7 Å². The summed E-state index contributed by atoms with van der Waals surface area (Å²) in [4.78, 5) is 17.1. The van der Waals surface area contributed by atoms with Crippen LogP contribution in [0.25, 0.3) is 10.9 Å². The molecule has 2 heterocycles. The van der Waals surface area contributed by atoms with Crippen LogP contribution in [0.3, 0.4) is 0 Å². The molecule has 0 saturated carbocycles. The van der Waals surface area contributed by atoms with Gasteiger partial charge >= 0.3 is 5.97 Å². The van der Waals surface area contributed by atoms with E-state index in [0.29, 0.717) is 16.4 Å². The number of rotatable bonds is 3. The summed E-state index contributed by atoms with van der Waals surface area (Å²) >= 11 is 5.82. The standard InChI is InChI=1S/C9H7ClN2O3/c10-9-8-5(1-2-11-9)6(3-12-8)15-4-7(13)14/h1-3,12H,4H2,(H,13,14). The Balaban J connectivity index is 2.37. The van der Waals surface area contributed by atoms with E-state index in [1.54, 1.807) is 12.3 Å². The number of hydrogen-bond donors (Lipinski definition) is 2. The molecule has 0 aliphatic rings. The SMILES string of the molecule is O=C(O)COc1c[nH]c2c(Cl)nccc12. The fourth-order valence-electron chi connectivity index (χ4n) is 1.25. The van der Waals surface area contributed by atoms with Gasteiger partial charge in [-0.2, -0.15) is 0 Å². The van der Waals surface area contributed by atoms with E-state index < -0.39 is 5.97 Å². The first kappa shape index (κ1) is 9.79. The number of fused-ring (bicyclic) bond motifs is 1. The Labute approximate surface area is 89.6 Å². The molecular formula is C9H7ClN2O3. The number of ether oxygens (including phenoxy) is 1. The Hall–Kier alpha value is -1.75. The molecule has 0 amide bonds. The zero-order valence-corrected chi connectivity index (χ0v) is 8.28. The van der Waals surface area contributed by atoms with Gasteiger partial charge in [0.15, 0.2) is 11.8 Å². The molecule has 0 atom stereocenters. The van der Waals surface area contributed by atoms with Gasteiger partial charge in [0.05, 0.1) is 5.52 Å². The van der Waals surface area contributed by atoms with E-state index in [1.807, 2.05) is 0 Å². The number of pyridine rings is 1. The molecule has 0 unspecified atom stereocenters. The number of aliphatic carboxylic acids is 1. The Morgan fingerprint density at radius 1 is 1.67 bits per heavy atom. The van der Waals surface area contributed by atoms with Crippen molar-refractivity contribution in [1.29, 1.82) is 0 Å². The lowest BCUT2D eigenvalue weighted by Crippen LogP contribution is -2.08. The summed E-state index contributed by atoms with van der Waals surface area (Å²) in [5, 5.41) is 9.52. The minimum absolute atomic E-state index is 0.331. The molecule has 0 aromatic carbocycles. The second kappa shape index (κ2) is 3.78. The van der Waals surface area contributed by atoms with Crippen molar-refractivity contribution in [2.45, 2.75) is 0 Å². The molecule has 0 radical (unpaired) electrons. The van der Waals surface area contributed by atoms with Crippen LogP contribution in [0.2, 0.25) is 5.15 Å². The van der Waals surface area contributed by atoms with Crippen molar-refractivity contribution in [2.75, 3.05) is 6.61 Å². The Morgan fingerprint density at radius 2 is 2.47 bits per heavy atom. The number of carbonyl (C=O) groups is 1. The third-order valence-corrected chi connectivity index (χ3v) is 2.16. The molecule has 2 N–H and O–H groups in total. The normalized spacial score (nSPS) is 10.5. The van der Waals surface area contributed by atoms with Gasteiger partial charge in [0.2, 0.25) is 0 Å². The van der Waals surface area contributed by atoms with Crippen LogP contribution in [0.4, 0.5) is 0 Å². The first-order chi connectivity index (χ1) is 7.18. The molecule has 0 aliphatic heterocycles. The largest absolute Gasteiger partial charge is 0.480 e. The van der Waals surface area contributed by atoms with Gasteiger partial charge in [-0.3, -0.25) is 0 Å². The third kappa shape index (κ3) is 1.87. The highest BCUT2D eigenvalue weighted by Crippen LogP contribution is 2.28. The van der Waals surface area contributed by atoms with Crippen LogP contribution in [0.1, 0.15) is 0 Å². The van der Waals surface area contributed by atoms with Crippen molar-refractivity contribution in [3.63, 3.8) is 0 Å². The number of aromatic amines is 1. The lowest BCUT2D eigenvalue weighted by molar-refractivity contribution is -0.139. The van der Waals surface area contributed by atoms with E-state index in [9.17, 15) is 4.79 Å². The van der Waals surface area contributed by atoms with Crippen LogP contribution in [-0.2, 0) is 4.79 Å². The van der Waals surface area contributed by atoms with Gasteiger partial charge in [0.1, 0.15) is 5.75 Å². The average molecular weight is 227 g/mol. The average Bonchev–Trinajstić information content (AvgIpc) is 2.59. The zero-order valence-electron chi connectivity index (χ0n) is 7.53. The van der Waals surface area contributed by atoms with E-state index in [-0.39, 0.29) is 6.61 Å². The van der Waals surface area contributed by atoms with Gasteiger partial charge in [0.25, 0.3) is 0 Å². The maximum atomic E-state index is 10.3. The number of nitrogens with zero attached hydrogens (tertiary/aromatic N) is 1. The number of nitrogens with one attached hydrogen (secondary N) is 1. The summed E-state index contributed by atoms with van der Waals surface area (Å²) in [6.07, 6.45) is 3.09. The summed E-state index contributed by atoms with van der Waals surface area (Å²) in [5.41, 5.74) is 0.638. The van der Waals surface area contributed by atoms with Crippen LogP contribution in [0.15, 0.2) is 18.5 Å². The molecular weight excluding hydrogens is 220 g/mol. The molecule has 15 heavy (non-hydrogen) atoms. The lowest BCUT2D eigenvalue weighted by Gasteiger charge is -2.00. The predicted octanol–water partition coefficient (Wildman–Crippen LogP) is 1.68. The number of carboxylic acid groups (broad SMARTS) is 1.